The molecule has 2 N–H and O–H groups in total. The molecule has 0 saturated carbocycles. The maximum Gasteiger partial charge on any atom is 0.175 e. The van der Waals surface area contributed by atoms with E-state index in [2.05, 4.69) is 21.1 Å². The van der Waals surface area contributed by atoms with Gasteiger partial charge in [-0.05, 0) is 12.1 Å². The predicted molar refractivity (Wildman–Crippen MR) is 52.8 cm³/mol. The number of amidine groups is 1. The van der Waals surface area contributed by atoms with Gasteiger partial charge in [0.2, 0.25) is 0 Å². The molecule has 1 aromatic carbocycles. The molecule has 1 heterocycles. The van der Waals surface area contributed by atoms with Crippen molar-refractivity contribution in [2.75, 3.05) is 0 Å². The molecule has 0 unspecified atom stereocenters. The minimum atomic E-state index is 0.619. The molecule has 0 fully saturated rings. The first-order valence-corrected chi connectivity index (χ1v) is 4.11. The van der Waals surface area contributed by atoms with Gasteiger partial charge in [0.15, 0.2) is 5.84 Å². The van der Waals surface area contributed by atoms with Crippen LogP contribution in [0.5, 0.6) is 0 Å². The third-order valence-electron chi connectivity index (χ3n) is 1.60. The van der Waals surface area contributed by atoms with Gasteiger partial charge >= 0.3 is 0 Å². The summed E-state index contributed by atoms with van der Waals surface area (Å²) in [5.74, 6) is 0.619. The number of nitrogens with zero attached hydrogens (tertiary/aromatic N) is 2. The quantitative estimate of drug-likeness (QED) is 0.705. The SMILES string of the molecule is Clc1ccccc1C1=NN=CNN1. The fourth-order valence-corrected chi connectivity index (χ4v) is 1.24. The molecule has 5 heteroatoms. The van der Waals surface area contributed by atoms with E-state index in [1.54, 1.807) is 6.07 Å². The molecule has 0 bridgehead atoms. The Kier molecular flexibility index (Phi) is 2.14. The van der Waals surface area contributed by atoms with Gasteiger partial charge < -0.3 is 0 Å². The minimum absolute atomic E-state index is 0.619. The van der Waals surface area contributed by atoms with Crippen LogP contribution < -0.4 is 10.9 Å². The average Bonchev–Trinajstić information content (AvgIpc) is 2.20. The standard InChI is InChI=1S/C8H7ClN4/c9-7-4-2-1-3-6(7)8-12-10-5-11-13-8/h1-5H,(H,10,11)(H,12,13). The molecule has 1 aliphatic rings. The summed E-state index contributed by atoms with van der Waals surface area (Å²) in [5.41, 5.74) is 6.40. The van der Waals surface area contributed by atoms with E-state index >= 15 is 0 Å². The fraction of sp³-hybridized carbons (Fsp3) is 0. The van der Waals surface area contributed by atoms with Crippen LogP contribution in [-0.4, -0.2) is 12.2 Å². The Balaban J connectivity index is 2.40. The van der Waals surface area contributed by atoms with Crippen LogP contribution in [-0.2, 0) is 0 Å². The number of hydrogen-bond acceptors (Lipinski definition) is 4. The Labute approximate surface area is 80.3 Å². The molecule has 13 heavy (non-hydrogen) atoms. The van der Waals surface area contributed by atoms with E-state index in [1.165, 1.54) is 6.34 Å². The number of hydrazine groups is 1. The first kappa shape index (κ1) is 8.07. The van der Waals surface area contributed by atoms with Crippen LogP contribution in [0.1, 0.15) is 5.56 Å². The van der Waals surface area contributed by atoms with Gasteiger partial charge in [0, 0.05) is 5.56 Å². The lowest BCUT2D eigenvalue weighted by Crippen LogP contribution is -2.39. The average molecular weight is 195 g/mol. The zero-order valence-corrected chi connectivity index (χ0v) is 7.42. The van der Waals surface area contributed by atoms with Crippen molar-refractivity contribution in [1.29, 1.82) is 0 Å². The highest BCUT2D eigenvalue weighted by Gasteiger charge is 2.07. The van der Waals surface area contributed by atoms with Crippen molar-refractivity contribution in [2.24, 2.45) is 10.2 Å². The van der Waals surface area contributed by atoms with Crippen LogP contribution in [0.4, 0.5) is 0 Å². The van der Waals surface area contributed by atoms with E-state index < -0.39 is 0 Å². The Morgan fingerprint density at radius 3 is 2.77 bits per heavy atom. The first-order chi connectivity index (χ1) is 6.38. The van der Waals surface area contributed by atoms with E-state index in [0.29, 0.717) is 10.9 Å². The highest BCUT2D eigenvalue weighted by molar-refractivity contribution is 6.34. The van der Waals surface area contributed by atoms with E-state index in [1.807, 2.05) is 18.2 Å². The lowest BCUT2D eigenvalue weighted by atomic mass is 10.2. The van der Waals surface area contributed by atoms with Gasteiger partial charge in [-0.1, -0.05) is 23.7 Å². The van der Waals surface area contributed by atoms with Crippen molar-refractivity contribution in [2.45, 2.75) is 0 Å². The molecule has 0 saturated heterocycles. The molecule has 66 valence electrons. The van der Waals surface area contributed by atoms with E-state index in [-0.39, 0.29) is 0 Å². The topological polar surface area (TPSA) is 48.8 Å². The van der Waals surface area contributed by atoms with Gasteiger partial charge in [0.1, 0.15) is 6.34 Å². The van der Waals surface area contributed by atoms with Gasteiger partial charge in [0.25, 0.3) is 0 Å². The molecular weight excluding hydrogens is 188 g/mol. The molecule has 0 amide bonds. The molecular formula is C8H7ClN4. The monoisotopic (exact) mass is 194 g/mol. The summed E-state index contributed by atoms with van der Waals surface area (Å²) < 4.78 is 0. The number of rotatable bonds is 1. The number of benzene rings is 1. The van der Waals surface area contributed by atoms with E-state index in [4.69, 9.17) is 11.6 Å². The molecule has 1 aliphatic heterocycles. The second-order valence-electron chi connectivity index (χ2n) is 2.44. The Bertz CT molecular complexity index is 372. The summed E-state index contributed by atoms with van der Waals surface area (Å²) in [6, 6.07) is 7.44. The highest BCUT2D eigenvalue weighted by Crippen LogP contribution is 2.15. The summed E-state index contributed by atoms with van der Waals surface area (Å²) >= 11 is 5.96. The smallest absolute Gasteiger partial charge is 0.175 e. The van der Waals surface area contributed by atoms with E-state index in [9.17, 15) is 0 Å². The molecule has 4 nitrogen and oxygen atoms in total. The Morgan fingerprint density at radius 1 is 1.23 bits per heavy atom. The minimum Gasteiger partial charge on any atom is -0.287 e. The third-order valence-corrected chi connectivity index (χ3v) is 1.93. The molecule has 0 atom stereocenters. The van der Waals surface area contributed by atoms with Crippen molar-refractivity contribution in [3.8, 4) is 0 Å². The summed E-state index contributed by atoms with van der Waals surface area (Å²) in [6.07, 6.45) is 1.46. The summed E-state index contributed by atoms with van der Waals surface area (Å²) in [4.78, 5) is 0. The van der Waals surface area contributed by atoms with Crippen molar-refractivity contribution < 1.29 is 0 Å². The normalized spacial score (nSPS) is 14.4. The third kappa shape index (κ3) is 1.62. The molecule has 0 aromatic heterocycles. The zero-order chi connectivity index (χ0) is 9.10. The number of nitrogens with one attached hydrogen (secondary N) is 2. The van der Waals surface area contributed by atoms with Crippen LogP contribution in [0.25, 0.3) is 0 Å². The second kappa shape index (κ2) is 3.45. The highest BCUT2D eigenvalue weighted by atomic mass is 35.5. The van der Waals surface area contributed by atoms with Crippen molar-refractivity contribution >= 4 is 23.8 Å². The summed E-state index contributed by atoms with van der Waals surface area (Å²) in [7, 11) is 0. The Hall–Kier alpha value is -1.55. The van der Waals surface area contributed by atoms with Gasteiger partial charge in [-0.2, -0.15) is 0 Å². The fourth-order valence-electron chi connectivity index (χ4n) is 1.02. The maximum atomic E-state index is 5.96. The van der Waals surface area contributed by atoms with Crippen LogP contribution >= 0.6 is 11.6 Å². The van der Waals surface area contributed by atoms with Crippen LogP contribution in [0.3, 0.4) is 0 Å². The second-order valence-corrected chi connectivity index (χ2v) is 2.85. The van der Waals surface area contributed by atoms with Crippen molar-refractivity contribution in [3.63, 3.8) is 0 Å². The number of hydrogen-bond donors (Lipinski definition) is 2. The maximum absolute atomic E-state index is 5.96. The van der Waals surface area contributed by atoms with Crippen LogP contribution in [0, 0.1) is 0 Å². The van der Waals surface area contributed by atoms with Gasteiger partial charge in [0.05, 0.1) is 5.02 Å². The lowest BCUT2D eigenvalue weighted by molar-refractivity contribution is 0.845. The zero-order valence-electron chi connectivity index (χ0n) is 6.66. The first-order valence-electron chi connectivity index (χ1n) is 3.74. The van der Waals surface area contributed by atoms with Gasteiger partial charge in [-0.3, -0.25) is 10.9 Å². The molecule has 1 aromatic rings. The molecule has 0 aliphatic carbocycles. The van der Waals surface area contributed by atoms with Gasteiger partial charge in [-0.15, -0.1) is 10.2 Å². The summed E-state index contributed by atoms with van der Waals surface area (Å²) in [5, 5.41) is 8.24. The molecule has 0 radical (unpaired) electrons. The number of halogens is 1. The predicted octanol–water partition coefficient (Wildman–Crippen LogP) is 1.14. The van der Waals surface area contributed by atoms with Crippen molar-refractivity contribution in [1.82, 2.24) is 10.9 Å². The largest absolute Gasteiger partial charge is 0.287 e. The van der Waals surface area contributed by atoms with Gasteiger partial charge in [-0.25, -0.2) is 0 Å². The summed E-state index contributed by atoms with van der Waals surface area (Å²) in [6.45, 7) is 0. The van der Waals surface area contributed by atoms with Crippen LogP contribution in [0.15, 0.2) is 34.5 Å². The Morgan fingerprint density at radius 2 is 2.08 bits per heavy atom. The van der Waals surface area contributed by atoms with Crippen molar-refractivity contribution in [3.05, 3.63) is 34.9 Å². The lowest BCUT2D eigenvalue weighted by Gasteiger charge is -2.11. The molecule has 2 rings (SSSR count). The van der Waals surface area contributed by atoms with E-state index in [0.717, 1.165) is 5.56 Å². The van der Waals surface area contributed by atoms with Crippen LogP contribution in [0.2, 0.25) is 5.02 Å². The molecule has 0 spiro atoms.